The average Bonchev–Trinajstić information content (AvgIpc) is 2.39. The van der Waals surface area contributed by atoms with Gasteiger partial charge in [-0.05, 0) is 32.9 Å². The minimum absolute atomic E-state index is 0.00957. The Morgan fingerprint density at radius 3 is 2.84 bits per heavy atom. The molecule has 5 heteroatoms. The maximum absolute atomic E-state index is 12.0. The van der Waals surface area contributed by atoms with Crippen LogP contribution in [0.2, 0.25) is 0 Å². The summed E-state index contributed by atoms with van der Waals surface area (Å²) < 4.78 is 1.58. The molecular weight excluding hydrogens is 240 g/mol. The van der Waals surface area contributed by atoms with Crippen LogP contribution in [-0.4, -0.2) is 48.4 Å². The molecule has 5 nitrogen and oxygen atoms in total. The van der Waals surface area contributed by atoms with Gasteiger partial charge in [-0.1, -0.05) is 6.42 Å². The minimum atomic E-state index is -0.00957. The highest BCUT2D eigenvalue weighted by Crippen LogP contribution is 2.17. The highest BCUT2D eigenvalue weighted by molar-refractivity contribution is 5.40. The summed E-state index contributed by atoms with van der Waals surface area (Å²) in [5.41, 5.74) is 0.848. The zero-order chi connectivity index (χ0) is 13.8. The summed E-state index contributed by atoms with van der Waals surface area (Å²) in [5.74, 6) is 0. The van der Waals surface area contributed by atoms with Crippen molar-refractivity contribution in [1.82, 2.24) is 14.7 Å². The second kappa shape index (κ2) is 6.19. The van der Waals surface area contributed by atoms with Crippen LogP contribution in [0.25, 0.3) is 0 Å². The van der Waals surface area contributed by atoms with Crippen LogP contribution in [-0.2, 0) is 6.54 Å². The summed E-state index contributed by atoms with van der Waals surface area (Å²) in [6.45, 7) is 1.88. The summed E-state index contributed by atoms with van der Waals surface area (Å²) in [6, 6.07) is 2.24. The van der Waals surface area contributed by atoms with Gasteiger partial charge in [0.2, 0.25) is 0 Å². The van der Waals surface area contributed by atoms with Crippen molar-refractivity contribution < 1.29 is 0 Å². The van der Waals surface area contributed by atoms with Crippen LogP contribution in [0.15, 0.2) is 17.1 Å². The number of aromatic nitrogens is 2. The molecule has 0 aliphatic carbocycles. The van der Waals surface area contributed by atoms with E-state index >= 15 is 0 Å². The van der Waals surface area contributed by atoms with Crippen LogP contribution in [0.3, 0.4) is 0 Å². The van der Waals surface area contributed by atoms with Crippen LogP contribution in [0.1, 0.15) is 25.7 Å². The molecule has 0 amide bonds. The van der Waals surface area contributed by atoms with E-state index in [0.29, 0.717) is 12.6 Å². The van der Waals surface area contributed by atoms with E-state index in [1.165, 1.54) is 25.8 Å². The third kappa shape index (κ3) is 3.56. The van der Waals surface area contributed by atoms with Gasteiger partial charge in [-0.15, -0.1) is 0 Å². The van der Waals surface area contributed by atoms with Crippen LogP contribution < -0.4 is 10.5 Å². The Hall–Kier alpha value is -1.36. The highest BCUT2D eigenvalue weighted by Gasteiger charge is 2.18. The molecule has 1 aliphatic heterocycles. The zero-order valence-electron chi connectivity index (χ0n) is 12.2. The molecule has 2 rings (SSSR count). The molecule has 1 aromatic heterocycles. The molecule has 0 spiro atoms. The van der Waals surface area contributed by atoms with Gasteiger partial charge in [-0.25, -0.2) is 4.68 Å². The second-order valence-electron chi connectivity index (χ2n) is 5.59. The quantitative estimate of drug-likeness (QED) is 0.819. The first-order valence-electron chi connectivity index (χ1n) is 7.02. The smallest absolute Gasteiger partial charge is 0.268 e. The molecule has 1 aliphatic rings. The Morgan fingerprint density at radius 2 is 2.21 bits per heavy atom. The molecule has 1 saturated heterocycles. The first kappa shape index (κ1) is 14.1. The van der Waals surface area contributed by atoms with Gasteiger partial charge in [0.1, 0.15) is 0 Å². The van der Waals surface area contributed by atoms with Crippen molar-refractivity contribution in [3.05, 3.63) is 22.6 Å². The molecule has 0 unspecified atom stereocenters. The first-order chi connectivity index (χ1) is 9.08. The van der Waals surface area contributed by atoms with Gasteiger partial charge in [0.15, 0.2) is 0 Å². The SMILES string of the molecule is CN(C)c1cnn(CC[C@@H]2CCCCN2C)c(=O)c1. The Bertz CT molecular complexity index is 469. The Morgan fingerprint density at radius 1 is 1.42 bits per heavy atom. The van der Waals surface area contributed by atoms with E-state index in [1.807, 2.05) is 19.0 Å². The first-order valence-corrected chi connectivity index (χ1v) is 7.02. The summed E-state index contributed by atoms with van der Waals surface area (Å²) in [7, 11) is 6.00. The lowest BCUT2D eigenvalue weighted by Crippen LogP contribution is -2.37. The number of hydrogen-bond donors (Lipinski definition) is 0. The van der Waals surface area contributed by atoms with E-state index in [0.717, 1.165) is 12.1 Å². The fourth-order valence-electron chi connectivity index (χ4n) is 2.62. The molecule has 0 N–H and O–H groups in total. The molecule has 0 radical (unpaired) electrons. The van der Waals surface area contributed by atoms with Gasteiger partial charge in [-0.2, -0.15) is 5.10 Å². The molecule has 0 bridgehead atoms. The van der Waals surface area contributed by atoms with Gasteiger partial charge in [0.25, 0.3) is 5.56 Å². The maximum Gasteiger partial charge on any atom is 0.268 e. The predicted octanol–water partition coefficient (Wildman–Crippen LogP) is 1.18. The minimum Gasteiger partial charge on any atom is -0.376 e. The summed E-state index contributed by atoms with van der Waals surface area (Å²) >= 11 is 0. The Labute approximate surface area is 114 Å². The average molecular weight is 264 g/mol. The van der Waals surface area contributed by atoms with Crippen LogP contribution in [0.4, 0.5) is 5.69 Å². The van der Waals surface area contributed by atoms with Crippen molar-refractivity contribution in [2.75, 3.05) is 32.6 Å². The van der Waals surface area contributed by atoms with Crippen molar-refractivity contribution in [2.45, 2.75) is 38.3 Å². The van der Waals surface area contributed by atoms with Gasteiger partial charge >= 0.3 is 0 Å². The number of rotatable bonds is 4. The van der Waals surface area contributed by atoms with Gasteiger partial charge in [-0.3, -0.25) is 4.79 Å². The fourth-order valence-corrected chi connectivity index (χ4v) is 2.62. The van der Waals surface area contributed by atoms with E-state index in [9.17, 15) is 4.79 Å². The number of anilines is 1. The topological polar surface area (TPSA) is 41.4 Å². The molecule has 1 atom stereocenters. The molecule has 2 heterocycles. The van der Waals surface area contributed by atoms with Crippen LogP contribution >= 0.6 is 0 Å². The molecule has 106 valence electrons. The molecule has 0 aromatic carbocycles. The van der Waals surface area contributed by atoms with E-state index in [-0.39, 0.29) is 5.56 Å². The third-order valence-corrected chi connectivity index (χ3v) is 3.97. The van der Waals surface area contributed by atoms with E-state index in [4.69, 9.17) is 0 Å². The lowest BCUT2D eigenvalue weighted by atomic mass is 10.0. The second-order valence-corrected chi connectivity index (χ2v) is 5.59. The van der Waals surface area contributed by atoms with Crippen molar-refractivity contribution in [2.24, 2.45) is 0 Å². The number of nitrogens with zero attached hydrogens (tertiary/aromatic N) is 4. The lowest BCUT2D eigenvalue weighted by Gasteiger charge is -2.32. The van der Waals surface area contributed by atoms with Crippen molar-refractivity contribution in [1.29, 1.82) is 0 Å². The summed E-state index contributed by atoms with van der Waals surface area (Å²) in [5, 5.41) is 4.25. The van der Waals surface area contributed by atoms with E-state index < -0.39 is 0 Å². The number of piperidine rings is 1. The van der Waals surface area contributed by atoms with Gasteiger partial charge in [0.05, 0.1) is 11.9 Å². The zero-order valence-corrected chi connectivity index (χ0v) is 12.2. The summed E-state index contributed by atoms with van der Waals surface area (Å²) in [4.78, 5) is 16.3. The third-order valence-electron chi connectivity index (χ3n) is 3.97. The van der Waals surface area contributed by atoms with Crippen LogP contribution in [0, 0.1) is 0 Å². The van der Waals surface area contributed by atoms with Gasteiger partial charge < -0.3 is 9.80 Å². The Kier molecular flexibility index (Phi) is 4.58. The number of hydrogen-bond acceptors (Lipinski definition) is 4. The standard InChI is InChI=1S/C14H24N4O/c1-16(2)13-10-14(19)18(15-11-13)9-7-12-6-4-5-8-17(12)3/h10-12H,4-9H2,1-3H3/t12-/m0/s1. The van der Waals surface area contributed by atoms with Crippen molar-refractivity contribution in [3.63, 3.8) is 0 Å². The highest BCUT2D eigenvalue weighted by atomic mass is 16.1. The van der Waals surface area contributed by atoms with Gasteiger partial charge in [0, 0.05) is 32.7 Å². The van der Waals surface area contributed by atoms with Crippen molar-refractivity contribution in [3.8, 4) is 0 Å². The molecule has 1 fully saturated rings. The largest absolute Gasteiger partial charge is 0.376 e. The van der Waals surface area contributed by atoms with E-state index in [1.54, 1.807) is 16.9 Å². The van der Waals surface area contributed by atoms with Crippen LogP contribution in [0.5, 0.6) is 0 Å². The normalized spacial score (nSPS) is 20.5. The molecule has 1 aromatic rings. The fraction of sp³-hybridized carbons (Fsp3) is 0.714. The monoisotopic (exact) mass is 264 g/mol. The molecular formula is C14H24N4O. The number of aryl methyl sites for hydroxylation is 1. The predicted molar refractivity (Wildman–Crippen MR) is 77.7 cm³/mol. The molecule has 19 heavy (non-hydrogen) atoms. The van der Waals surface area contributed by atoms with Crippen molar-refractivity contribution >= 4 is 5.69 Å². The summed E-state index contributed by atoms with van der Waals surface area (Å²) in [6.07, 6.45) is 6.59. The van der Waals surface area contributed by atoms with E-state index in [2.05, 4.69) is 17.0 Å². The molecule has 0 saturated carbocycles. The maximum atomic E-state index is 12.0. The Balaban J connectivity index is 1.97. The number of likely N-dealkylation sites (tertiary alicyclic amines) is 1. The lowest BCUT2D eigenvalue weighted by molar-refractivity contribution is 0.169.